The van der Waals surface area contributed by atoms with Crippen molar-refractivity contribution in [3.63, 3.8) is 0 Å². The van der Waals surface area contributed by atoms with Crippen molar-refractivity contribution in [2.24, 2.45) is 0 Å². The van der Waals surface area contributed by atoms with Gasteiger partial charge < -0.3 is 0 Å². The van der Waals surface area contributed by atoms with Gasteiger partial charge in [0.25, 0.3) is 0 Å². The van der Waals surface area contributed by atoms with Crippen LogP contribution in [0.15, 0.2) is 40.6 Å². The van der Waals surface area contributed by atoms with Crippen molar-refractivity contribution in [2.75, 3.05) is 9.83 Å². The van der Waals surface area contributed by atoms with E-state index in [0.717, 1.165) is 6.07 Å². The zero-order valence-corrected chi connectivity index (χ0v) is 20.8. The monoisotopic (exact) mass is 576 g/mol. The molecule has 0 spiro atoms. The van der Waals surface area contributed by atoms with Crippen molar-refractivity contribution in [1.29, 1.82) is 0 Å². The molecule has 0 N–H and O–H groups in total. The molecule has 3 heterocycles. The first-order chi connectivity index (χ1) is 15.2. The Hall–Kier alpha value is -1.99. The van der Waals surface area contributed by atoms with E-state index >= 15 is 0 Å². The van der Waals surface area contributed by atoms with Gasteiger partial charge in [-0.1, -0.05) is 0 Å². The van der Waals surface area contributed by atoms with Crippen LogP contribution in [0.1, 0.15) is 39.0 Å². The van der Waals surface area contributed by atoms with E-state index in [-0.39, 0.29) is 9.60 Å². The molecule has 33 heavy (non-hydrogen) atoms. The van der Waals surface area contributed by atoms with Crippen LogP contribution in [0, 0.1) is 5.82 Å². The van der Waals surface area contributed by atoms with Gasteiger partial charge in [0.15, 0.2) is 0 Å². The Bertz CT molecular complexity index is 1140. The third-order valence-electron chi connectivity index (χ3n) is 6.02. The van der Waals surface area contributed by atoms with Crippen molar-refractivity contribution in [1.82, 2.24) is 4.98 Å². The van der Waals surface area contributed by atoms with Crippen LogP contribution in [-0.2, 0) is 15.5 Å². The molecule has 1 saturated heterocycles. The van der Waals surface area contributed by atoms with E-state index < -0.39 is 55.7 Å². The van der Waals surface area contributed by atoms with Gasteiger partial charge in [-0.2, -0.15) is 0 Å². The average Bonchev–Trinajstić information content (AvgIpc) is 3.13. The third-order valence-corrected chi connectivity index (χ3v) is 9.49. The molecular weight excluding hydrogens is 554 g/mol. The zero-order chi connectivity index (χ0) is 24.3. The molecule has 176 valence electrons. The first-order valence-electron chi connectivity index (χ1n) is 10.0. The molecule has 0 bridgehead atoms. The summed E-state index contributed by atoms with van der Waals surface area (Å²) in [7, 11) is -0.665. The summed E-state index contributed by atoms with van der Waals surface area (Å²) < 4.78 is 67.3. The van der Waals surface area contributed by atoms with Gasteiger partial charge in [-0.15, -0.1) is 0 Å². The number of aromatic nitrogens is 1. The fourth-order valence-electron chi connectivity index (χ4n) is 3.47. The topological polar surface area (TPSA) is 51.7 Å². The second kappa shape index (κ2) is 8.05. The maximum atomic E-state index is 13.8. The number of carbonyl (C=O) groups excluding carboxylic acids is 1. The van der Waals surface area contributed by atoms with Gasteiger partial charge in [-0.3, -0.25) is 0 Å². The molecule has 1 fully saturated rings. The van der Waals surface area contributed by atoms with Crippen molar-refractivity contribution < 1.29 is 31.7 Å². The Morgan fingerprint density at radius 1 is 1.06 bits per heavy atom. The molecule has 11 heteroatoms. The number of hydrogen-bond donors (Lipinski definition) is 0. The average molecular weight is 576 g/mol. The molecule has 0 radical (unpaired) electrons. The van der Waals surface area contributed by atoms with E-state index in [1.165, 1.54) is 17.2 Å². The minimum absolute atomic E-state index is 0.0514. The Morgan fingerprint density at radius 3 is 2.30 bits per heavy atom. The van der Waals surface area contributed by atoms with Gasteiger partial charge in [0, 0.05) is 0 Å². The molecule has 5 nitrogen and oxygen atoms in total. The van der Waals surface area contributed by atoms with E-state index in [1.807, 2.05) is 27.7 Å². The standard InChI is InChI=1S/C22H22BF4IN2O3/c1-20(2)21(3,4)33-23(32-20)13-8-9-29-17(10-13)18-12-28(5)19(31)30(18)14-6-7-16(24)15(11-14)22(25,26)27/h6-12H,1-5H3. The number of rotatable bonds is 3. The van der Waals surface area contributed by atoms with Gasteiger partial charge in [-0.05, 0) is 0 Å². The second-order valence-corrected chi connectivity index (χ2v) is 13.3. The maximum absolute atomic E-state index is 13.8. The fraction of sp³-hybridized carbons (Fsp3) is 0.364. The number of carbonyl (C=O) groups is 1. The summed E-state index contributed by atoms with van der Waals surface area (Å²) in [4.78, 5) is 20.3. The number of halogens is 5. The van der Waals surface area contributed by atoms with Gasteiger partial charge in [0.05, 0.1) is 0 Å². The molecule has 0 atom stereocenters. The van der Waals surface area contributed by atoms with Crippen molar-refractivity contribution in [3.8, 4) is 0 Å². The first kappa shape index (κ1) is 24.1. The normalized spacial score (nSPS) is 21.1. The predicted octanol–water partition coefficient (Wildman–Crippen LogP) is 5.61. The summed E-state index contributed by atoms with van der Waals surface area (Å²) in [6, 6.07) is 6.00. The fourth-order valence-corrected chi connectivity index (χ4v) is 6.52. The van der Waals surface area contributed by atoms with Gasteiger partial charge in [-0.25, -0.2) is 0 Å². The second-order valence-electron chi connectivity index (χ2n) is 8.82. The summed E-state index contributed by atoms with van der Waals surface area (Å²) in [5.74, 6) is -1.39. The molecule has 2 aliphatic heterocycles. The molecule has 1 aromatic carbocycles. The van der Waals surface area contributed by atoms with Crippen LogP contribution in [0.5, 0.6) is 0 Å². The summed E-state index contributed by atoms with van der Waals surface area (Å²) in [5, 5.41) is 0. The first-order valence-corrected chi connectivity index (χ1v) is 14.5. The van der Waals surface area contributed by atoms with E-state index in [9.17, 15) is 22.4 Å². The van der Waals surface area contributed by atoms with Crippen molar-refractivity contribution in [3.05, 3.63) is 57.7 Å². The van der Waals surface area contributed by atoms with Crippen LogP contribution in [-0.4, -0.2) is 32.1 Å². The molecule has 0 saturated carbocycles. The summed E-state index contributed by atoms with van der Waals surface area (Å²) in [6.07, 6.45) is -3.34. The number of pyridine rings is 1. The number of alkyl halides is 4. The van der Waals surface area contributed by atoms with E-state index in [1.54, 1.807) is 21.1 Å². The molecule has 2 aromatic rings. The molecular formula is C22H22BF4IN2O3. The quantitative estimate of drug-likeness (QED) is 0.119. The van der Waals surface area contributed by atoms with Crippen LogP contribution in [0.4, 0.5) is 28.0 Å². The molecule has 1 aromatic heterocycles. The van der Waals surface area contributed by atoms with Gasteiger partial charge >= 0.3 is 197 Å². The molecule has 0 unspecified atom stereocenters. The number of amides is 1. The zero-order valence-electron chi connectivity index (χ0n) is 18.6. The number of hydrogen-bond acceptors (Lipinski definition) is 4. The van der Waals surface area contributed by atoms with Crippen LogP contribution < -0.4 is 10.4 Å². The minimum atomic E-state index is -4.88. The van der Waals surface area contributed by atoms with E-state index in [2.05, 4.69) is 4.98 Å². The predicted molar refractivity (Wildman–Crippen MR) is 127 cm³/mol. The number of benzene rings is 1. The van der Waals surface area contributed by atoms with Crippen molar-refractivity contribution in [2.45, 2.75) is 45.1 Å². The Morgan fingerprint density at radius 2 is 1.70 bits per heavy atom. The van der Waals surface area contributed by atoms with Crippen LogP contribution in [0.3, 0.4) is 0 Å². The molecule has 1 amide bonds. The Balaban J connectivity index is 1.73. The summed E-state index contributed by atoms with van der Waals surface area (Å²) in [5.41, 5.74) is -1.13. The number of anilines is 1. The van der Waals surface area contributed by atoms with Gasteiger partial charge in [0.2, 0.25) is 0 Å². The number of nitrogens with zero attached hydrogens (tertiary/aromatic N) is 2. The summed E-state index contributed by atoms with van der Waals surface area (Å²) in [6.45, 7) is 7.71. The van der Waals surface area contributed by atoms with E-state index in [4.69, 9.17) is 9.31 Å². The molecule has 4 rings (SSSR count). The van der Waals surface area contributed by atoms with Gasteiger partial charge in [0.1, 0.15) is 0 Å². The van der Waals surface area contributed by atoms with Crippen LogP contribution in [0.25, 0.3) is 5.70 Å². The van der Waals surface area contributed by atoms with Crippen LogP contribution in [0.2, 0.25) is 0 Å². The van der Waals surface area contributed by atoms with E-state index in [0.29, 0.717) is 22.9 Å². The Labute approximate surface area is 196 Å². The summed E-state index contributed by atoms with van der Waals surface area (Å²) >= 11 is -2.30. The SMILES string of the molecule is CI1C=C(c2cc(B3OC(C)(C)C(C)(C)O3)ccn2)N(c2ccc(F)c(C(F)(F)F)c2)C1=O. The molecule has 0 aliphatic carbocycles. The van der Waals surface area contributed by atoms with Crippen LogP contribution >= 0.6 is 19.8 Å². The third kappa shape index (κ3) is 4.30. The Kier molecular flexibility index (Phi) is 5.89. The molecule has 2 aliphatic rings. The van der Waals surface area contributed by atoms with Crippen molar-refractivity contribution >= 4 is 47.7 Å².